The lowest BCUT2D eigenvalue weighted by molar-refractivity contribution is 0.0978. The molecule has 2 aliphatic rings. The molecular formula is C12H24N2O3S. The van der Waals surface area contributed by atoms with Crippen LogP contribution in [0.1, 0.15) is 25.7 Å². The largest absolute Gasteiger partial charge is 0.377 e. The molecule has 1 N–H and O–H groups in total. The van der Waals surface area contributed by atoms with Gasteiger partial charge in [-0.15, -0.1) is 0 Å². The van der Waals surface area contributed by atoms with Crippen LogP contribution < -0.4 is 5.32 Å². The van der Waals surface area contributed by atoms with Gasteiger partial charge in [-0.1, -0.05) is 0 Å². The molecule has 2 atom stereocenters. The molecule has 0 aromatic heterocycles. The minimum absolute atomic E-state index is 0.0919. The van der Waals surface area contributed by atoms with Gasteiger partial charge in [0.25, 0.3) is 0 Å². The van der Waals surface area contributed by atoms with Crippen LogP contribution in [-0.2, 0) is 14.8 Å². The molecule has 2 fully saturated rings. The standard InChI is InChI=1S/C12H24N2O3S/c1-14(9-12-5-3-7-17-12)18(15,16)10-11-4-2-6-13-8-11/h11-13H,2-10H2,1H3. The average molecular weight is 276 g/mol. The Hall–Kier alpha value is -0.170. The lowest BCUT2D eigenvalue weighted by Crippen LogP contribution is -2.40. The van der Waals surface area contributed by atoms with Crippen molar-refractivity contribution in [3.8, 4) is 0 Å². The van der Waals surface area contributed by atoms with Crippen LogP contribution in [0.3, 0.4) is 0 Å². The molecule has 0 spiro atoms. The smallest absolute Gasteiger partial charge is 0.214 e. The van der Waals surface area contributed by atoms with Gasteiger partial charge in [-0.25, -0.2) is 12.7 Å². The van der Waals surface area contributed by atoms with E-state index in [0.29, 0.717) is 6.54 Å². The summed E-state index contributed by atoms with van der Waals surface area (Å²) in [5.74, 6) is 0.527. The van der Waals surface area contributed by atoms with E-state index in [2.05, 4.69) is 5.32 Å². The molecular weight excluding hydrogens is 252 g/mol. The van der Waals surface area contributed by atoms with Gasteiger partial charge >= 0.3 is 0 Å². The molecule has 0 radical (unpaired) electrons. The molecule has 2 rings (SSSR count). The van der Waals surface area contributed by atoms with Crippen molar-refractivity contribution < 1.29 is 13.2 Å². The molecule has 0 aliphatic carbocycles. The van der Waals surface area contributed by atoms with Gasteiger partial charge in [-0.05, 0) is 44.7 Å². The highest BCUT2D eigenvalue weighted by Crippen LogP contribution is 2.17. The molecule has 2 saturated heterocycles. The Kier molecular flexibility index (Phi) is 5.00. The van der Waals surface area contributed by atoms with Crippen LogP contribution >= 0.6 is 0 Å². The number of piperidine rings is 1. The number of ether oxygens (including phenoxy) is 1. The fourth-order valence-corrected chi connectivity index (χ4v) is 4.21. The van der Waals surface area contributed by atoms with Crippen molar-refractivity contribution in [2.45, 2.75) is 31.8 Å². The summed E-state index contributed by atoms with van der Waals surface area (Å²) in [5.41, 5.74) is 0. The monoisotopic (exact) mass is 276 g/mol. The van der Waals surface area contributed by atoms with Crippen LogP contribution in [0.15, 0.2) is 0 Å². The highest BCUT2D eigenvalue weighted by atomic mass is 32.2. The van der Waals surface area contributed by atoms with Gasteiger partial charge in [0.2, 0.25) is 10.0 Å². The predicted octanol–water partition coefficient (Wildman–Crippen LogP) is 0.427. The van der Waals surface area contributed by atoms with Crippen LogP contribution in [0.4, 0.5) is 0 Å². The fourth-order valence-electron chi connectivity index (χ4n) is 2.68. The Morgan fingerprint density at radius 3 is 2.78 bits per heavy atom. The molecule has 18 heavy (non-hydrogen) atoms. The second-order valence-electron chi connectivity index (χ2n) is 5.41. The van der Waals surface area contributed by atoms with Crippen molar-refractivity contribution in [1.82, 2.24) is 9.62 Å². The van der Waals surface area contributed by atoms with E-state index in [0.717, 1.165) is 45.4 Å². The lowest BCUT2D eigenvalue weighted by atomic mass is 10.0. The zero-order valence-corrected chi connectivity index (χ0v) is 11.9. The van der Waals surface area contributed by atoms with Crippen LogP contribution in [-0.4, -0.2) is 57.9 Å². The first kappa shape index (κ1) is 14.2. The third-order valence-corrected chi connectivity index (χ3v) is 5.80. The topological polar surface area (TPSA) is 58.6 Å². The Bertz CT molecular complexity index is 346. The third-order valence-electron chi connectivity index (χ3n) is 3.80. The van der Waals surface area contributed by atoms with Gasteiger partial charge in [-0.3, -0.25) is 0 Å². The molecule has 0 saturated carbocycles. The van der Waals surface area contributed by atoms with E-state index < -0.39 is 10.0 Å². The van der Waals surface area contributed by atoms with Gasteiger partial charge in [0.05, 0.1) is 11.9 Å². The summed E-state index contributed by atoms with van der Waals surface area (Å²) in [6.07, 6.45) is 4.21. The van der Waals surface area contributed by atoms with E-state index in [9.17, 15) is 8.42 Å². The van der Waals surface area contributed by atoms with Crippen molar-refractivity contribution in [3.05, 3.63) is 0 Å². The number of nitrogens with one attached hydrogen (secondary N) is 1. The number of rotatable bonds is 5. The minimum atomic E-state index is -3.13. The molecule has 0 bridgehead atoms. The second kappa shape index (κ2) is 6.32. The minimum Gasteiger partial charge on any atom is -0.377 e. The molecule has 2 heterocycles. The number of likely N-dealkylation sites (N-methyl/N-ethyl adjacent to an activating group) is 1. The maximum atomic E-state index is 12.2. The zero-order chi connectivity index (χ0) is 13.0. The van der Waals surface area contributed by atoms with Crippen LogP contribution in [0, 0.1) is 5.92 Å². The first-order valence-corrected chi connectivity index (χ1v) is 8.45. The quantitative estimate of drug-likeness (QED) is 0.791. The van der Waals surface area contributed by atoms with Gasteiger partial charge in [0, 0.05) is 20.2 Å². The van der Waals surface area contributed by atoms with E-state index >= 15 is 0 Å². The van der Waals surface area contributed by atoms with Crippen LogP contribution in [0.25, 0.3) is 0 Å². The van der Waals surface area contributed by atoms with Gasteiger partial charge in [-0.2, -0.15) is 0 Å². The summed E-state index contributed by atoms with van der Waals surface area (Å²) >= 11 is 0. The first-order valence-electron chi connectivity index (χ1n) is 6.84. The summed E-state index contributed by atoms with van der Waals surface area (Å²) in [5, 5.41) is 3.26. The van der Waals surface area contributed by atoms with Crippen molar-refractivity contribution in [3.63, 3.8) is 0 Å². The van der Waals surface area contributed by atoms with Crippen LogP contribution in [0.2, 0.25) is 0 Å². The average Bonchev–Trinajstić information content (AvgIpc) is 2.82. The van der Waals surface area contributed by atoms with Crippen LogP contribution in [0.5, 0.6) is 0 Å². The fraction of sp³-hybridized carbons (Fsp3) is 1.00. The molecule has 6 heteroatoms. The molecule has 5 nitrogen and oxygen atoms in total. The van der Waals surface area contributed by atoms with E-state index in [1.165, 1.54) is 4.31 Å². The number of sulfonamides is 1. The molecule has 2 aliphatic heterocycles. The zero-order valence-electron chi connectivity index (χ0n) is 11.1. The Labute approximate surface area is 110 Å². The lowest BCUT2D eigenvalue weighted by Gasteiger charge is -2.26. The van der Waals surface area contributed by atoms with Crippen molar-refractivity contribution in [2.75, 3.05) is 39.0 Å². The predicted molar refractivity (Wildman–Crippen MR) is 71.0 cm³/mol. The molecule has 0 amide bonds. The number of nitrogens with zero attached hydrogens (tertiary/aromatic N) is 1. The normalized spacial score (nSPS) is 29.9. The molecule has 2 unspecified atom stereocenters. The van der Waals surface area contributed by atoms with E-state index in [4.69, 9.17) is 4.74 Å². The van der Waals surface area contributed by atoms with Gasteiger partial charge in [0.15, 0.2) is 0 Å². The van der Waals surface area contributed by atoms with Gasteiger partial charge in [0.1, 0.15) is 0 Å². The summed E-state index contributed by atoms with van der Waals surface area (Å²) < 4.78 is 31.4. The number of hydrogen-bond donors (Lipinski definition) is 1. The first-order chi connectivity index (χ1) is 8.58. The van der Waals surface area contributed by atoms with Crippen molar-refractivity contribution in [2.24, 2.45) is 5.92 Å². The highest BCUT2D eigenvalue weighted by Gasteiger charge is 2.27. The SMILES string of the molecule is CN(CC1CCCO1)S(=O)(=O)CC1CCCNC1. The van der Waals surface area contributed by atoms with Gasteiger partial charge < -0.3 is 10.1 Å². The summed E-state index contributed by atoms with van der Waals surface area (Å²) in [4.78, 5) is 0. The Balaban J connectivity index is 1.83. The molecule has 0 aromatic rings. The summed E-state index contributed by atoms with van der Waals surface area (Å²) in [6.45, 7) is 3.11. The summed E-state index contributed by atoms with van der Waals surface area (Å²) in [7, 11) is -1.46. The number of hydrogen-bond acceptors (Lipinski definition) is 4. The molecule has 0 aromatic carbocycles. The van der Waals surface area contributed by atoms with E-state index in [-0.39, 0.29) is 17.8 Å². The third kappa shape index (κ3) is 3.91. The molecule has 106 valence electrons. The van der Waals surface area contributed by atoms with Crippen molar-refractivity contribution in [1.29, 1.82) is 0 Å². The van der Waals surface area contributed by atoms with Crippen molar-refractivity contribution >= 4 is 10.0 Å². The maximum absolute atomic E-state index is 12.2. The highest BCUT2D eigenvalue weighted by molar-refractivity contribution is 7.89. The second-order valence-corrected chi connectivity index (χ2v) is 7.53. The maximum Gasteiger partial charge on any atom is 0.214 e. The Morgan fingerprint density at radius 2 is 2.17 bits per heavy atom. The Morgan fingerprint density at radius 1 is 1.33 bits per heavy atom. The summed E-state index contributed by atoms with van der Waals surface area (Å²) in [6, 6.07) is 0. The van der Waals surface area contributed by atoms with E-state index in [1.54, 1.807) is 7.05 Å². The van der Waals surface area contributed by atoms with E-state index in [1.807, 2.05) is 0 Å².